The molecule has 0 radical (unpaired) electrons. The number of nitrogens with one attached hydrogen (secondary N) is 1. The first-order valence-corrected chi connectivity index (χ1v) is 8.21. The number of amides is 1. The molecule has 0 aliphatic carbocycles. The van der Waals surface area contributed by atoms with Gasteiger partial charge in [-0.15, -0.1) is 0 Å². The van der Waals surface area contributed by atoms with E-state index in [2.05, 4.69) is 12.2 Å². The van der Waals surface area contributed by atoms with Gasteiger partial charge in [-0.1, -0.05) is 31.2 Å². The summed E-state index contributed by atoms with van der Waals surface area (Å²) in [4.78, 5) is 24.2. The smallest absolute Gasteiger partial charge is 0.224 e. The van der Waals surface area contributed by atoms with E-state index in [9.17, 15) is 9.59 Å². The molecule has 0 aliphatic rings. The summed E-state index contributed by atoms with van der Waals surface area (Å²) in [5.41, 5.74) is 2.42. The Bertz CT molecular complexity index is 738. The lowest BCUT2D eigenvalue weighted by Gasteiger charge is -2.10. The molecule has 0 aromatic heterocycles. The standard InChI is InChI=1S/C20H23NO4/c1-4-14-5-7-15(8-6-14)17(22)10-12-20(23)21-16-9-11-18(24-2)19(13-16)25-3/h5-9,11,13H,4,10,12H2,1-3H3,(H,21,23). The van der Waals surface area contributed by atoms with Gasteiger partial charge in [0.1, 0.15) is 0 Å². The van der Waals surface area contributed by atoms with Gasteiger partial charge in [0.15, 0.2) is 17.3 Å². The van der Waals surface area contributed by atoms with E-state index in [1.807, 2.05) is 24.3 Å². The first kappa shape index (κ1) is 18.5. The number of carbonyl (C=O) groups excluding carboxylic acids is 2. The Morgan fingerprint density at radius 1 is 0.920 bits per heavy atom. The monoisotopic (exact) mass is 341 g/mol. The molecular weight excluding hydrogens is 318 g/mol. The number of benzene rings is 2. The molecule has 5 nitrogen and oxygen atoms in total. The number of ketones is 1. The average Bonchev–Trinajstić information content (AvgIpc) is 2.66. The van der Waals surface area contributed by atoms with Crippen LogP contribution in [0.5, 0.6) is 11.5 Å². The van der Waals surface area contributed by atoms with Gasteiger partial charge in [-0.2, -0.15) is 0 Å². The van der Waals surface area contributed by atoms with E-state index in [0.29, 0.717) is 22.7 Å². The van der Waals surface area contributed by atoms with Crippen LogP contribution in [0.15, 0.2) is 42.5 Å². The molecule has 0 saturated carbocycles. The van der Waals surface area contributed by atoms with Crippen LogP contribution in [0, 0.1) is 0 Å². The lowest BCUT2D eigenvalue weighted by molar-refractivity contribution is -0.116. The van der Waals surface area contributed by atoms with Crippen molar-refractivity contribution in [3.63, 3.8) is 0 Å². The minimum Gasteiger partial charge on any atom is -0.493 e. The second-order valence-corrected chi connectivity index (χ2v) is 5.59. The van der Waals surface area contributed by atoms with E-state index in [-0.39, 0.29) is 24.5 Å². The zero-order valence-corrected chi connectivity index (χ0v) is 14.8. The van der Waals surface area contributed by atoms with Gasteiger partial charge in [0.25, 0.3) is 0 Å². The van der Waals surface area contributed by atoms with Crippen LogP contribution in [0.1, 0.15) is 35.7 Å². The van der Waals surface area contributed by atoms with E-state index >= 15 is 0 Å². The maximum absolute atomic E-state index is 12.2. The van der Waals surface area contributed by atoms with Crippen LogP contribution < -0.4 is 14.8 Å². The Balaban J connectivity index is 1.90. The molecule has 0 atom stereocenters. The van der Waals surface area contributed by atoms with Gasteiger partial charge >= 0.3 is 0 Å². The maximum atomic E-state index is 12.2. The molecule has 0 spiro atoms. The Kier molecular flexibility index (Phi) is 6.57. The van der Waals surface area contributed by atoms with Gasteiger partial charge in [0.05, 0.1) is 14.2 Å². The molecular formula is C20H23NO4. The summed E-state index contributed by atoms with van der Waals surface area (Å²) in [6.45, 7) is 2.06. The van der Waals surface area contributed by atoms with Crippen molar-refractivity contribution in [2.24, 2.45) is 0 Å². The van der Waals surface area contributed by atoms with E-state index in [1.54, 1.807) is 25.3 Å². The molecule has 0 fully saturated rings. The predicted molar refractivity (Wildman–Crippen MR) is 97.6 cm³/mol. The van der Waals surface area contributed by atoms with Crippen molar-refractivity contribution in [2.45, 2.75) is 26.2 Å². The van der Waals surface area contributed by atoms with E-state index in [0.717, 1.165) is 6.42 Å². The van der Waals surface area contributed by atoms with Crippen molar-refractivity contribution < 1.29 is 19.1 Å². The minimum atomic E-state index is -0.217. The minimum absolute atomic E-state index is 0.0369. The summed E-state index contributed by atoms with van der Waals surface area (Å²) in [7, 11) is 3.08. The van der Waals surface area contributed by atoms with Crippen LogP contribution in [0.25, 0.3) is 0 Å². The van der Waals surface area contributed by atoms with Crippen LogP contribution in [0.4, 0.5) is 5.69 Å². The van der Waals surface area contributed by atoms with Crippen LogP contribution in [0.3, 0.4) is 0 Å². The normalized spacial score (nSPS) is 10.2. The Labute approximate surface area is 148 Å². The van der Waals surface area contributed by atoms with E-state index in [4.69, 9.17) is 9.47 Å². The molecule has 0 bridgehead atoms. The third kappa shape index (κ3) is 5.08. The number of ether oxygens (including phenoxy) is 2. The van der Waals surface area contributed by atoms with Crippen molar-refractivity contribution in [2.75, 3.05) is 19.5 Å². The van der Waals surface area contributed by atoms with Crippen molar-refractivity contribution in [1.29, 1.82) is 0 Å². The molecule has 1 amide bonds. The summed E-state index contributed by atoms with van der Waals surface area (Å²) in [6.07, 6.45) is 1.23. The summed E-state index contributed by atoms with van der Waals surface area (Å²) >= 11 is 0. The van der Waals surface area contributed by atoms with Gasteiger partial charge in [-0.05, 0) is 24.1 Å². The lowest BCUT2D eigenvalue weighted by atomic mass is 10.0. The van der Waals surface area contributed by atoms with Gasteiger partial charge in [-0.3, -0.25) is 9.59 Å². The second kappa shape index (κ2) is 8.87. The van der Waals surface area contributed by atoms with Gasteiger partial charge in [0.2, 0.25) is 5.91 Å². The van der Waals surface area contributed by atoms with Crippen LogP contribution in [0.2, 0.25) is 0 Å². The van der Waals surface area contributed by atoms with Crippen LogP contribution in [-0.2, 0) is 11.2 Å². The van der Waals surface area contributed by atoms with Crippen molar-refractivity contribution in [3.8, 4) is 11.5 Å². The maximum Gasteiger partial charge on any atom is 0.224 e. The third-order valence-corrected chi connectivity index (χ3v) is 3.93. The first-order valence-electron chi connectivity index (χ1n) is 8.21. The van der Waals surface area contributed by atoms with Gasteiger partial charge in [-0.25, -0.2) is 0 Å². The summed E-state index contributed by atoms with van der Waals surface area (Å²) in [6, 6.07) is 12.6. The largest absolute Gasteiger partial charge is 0.493 e. The highest BCUT2D eigenvalue weighted by Gasteiger charge is 2.11. The van der Waals surface area contributed by atoms with Crippen molar-refractivity contribution in [3.05, 3.63) is 53.6 Å². The topological polar surface area (TPSA) is 64.6 Å². The van der Waals surface area contributed by atoms with Crippen molar-refractivity contribution >= 4 is 17.4 Å². The van der Waals surface area contributed by atoms with Crippen molar-refractivity contribution in [1.82, 2.24) is 0 Å². The fourth-order valence-corrected chi connectivity index (χ4v) is 2.44. The van der Waals surface area contributed by atoms with Crippen LogP contribution in [-0.4, -0.2) is 25.9 Å². The quantitative estimate of drug-likeness (QED) is 0.740. The highest BCUT2D eigenvalue weighted by Crippen LogP contribution is 2.29. The molecule has 25 heavy (non-hydrogen) atoms. The second-order valence-electron chi connectivity index (χ2n) is 5.59. The molecule has 0 heterocycles. The number of rotatable bonds is 8. The van der Waals surface area contributed by atoms with Crippen LogP contribution >= 0.6 is 0 Å². The molecule has 2 rings (SSSR count). The third-order valence-electron chi connectivity index (χ3n) is 3.93. The molecule has 2 aromatic rings. The lowest BCUT2D eigenvalue weighted by Crippen LogP contribution is -2.13. The highest BCUT2D eigenvalue weighted by atomic mass is 16.5. The summed E-state index contributed by atoms with van der Waals surface area (Å²) in [5.74, 6) is 0.870. The Morgan fingerprint density at radius 2 is 1.60 bits per heavy atom. The Hall–Kier alpha value is -2.82. The number of aryl methyl sites for hydroxylation is 1. The van der Waals surface area contributed by atoms with E-state index in [1.165, 1.54) is 12.7 Å². The molecule has 5 heteroatoms. The zero-order valence-electron chi connectivity index (χ0n) is 14.8. The van der Waals surface area contributed by atoms with E-state index < -0.39 is 0 Å². The SMILES string of the molecule is CCc1ccc(C(=O)CCC(=O)Nc2ccc(OC)c(OC)c2)cc1. The summed E-state index contributed by atoms with van der Waals surface area (Å²) < 4.78 is 10.4. The fraction of sp³-hybridized carbons (Fsp3) is 0.300. The number of hydrogen-bond donors (Lipinski definition) is 1. The number of methoxy groups -OCH3 is 2. The molecule has 1 N–H and O–H groups in total. The molecule has 0 saturated heterocycles. The number of Topliss-reactive ketones (excluding diaryl/α,β-unsaturated/α-hetero) is 1. The average molecular weight is 341 g/mol. The van der Waals surface area contributed by atoms with Gasteiger partial charge in [0, 0.05) is 30.2 Å². The first-order chi connectivity index (χ1) is 12.1. The predicted octanol–water partition coefficient (Wildman–Crippen LogP) is 3.87. The molecule has 0 aliphatic heterocycles. The fourth-order valence-electron chi connectivity index (χ4n) is 2.44. The Morgan fingerprint density at radius 3 is 2.20 bits per heavy atom. The summed E-state index contributed by atoms with van der Waals surface area (Å²) in [5, 5.41) is 2.77. The number of carbonyl (C=O) groups is 2. The molecule has 0 unspecified atom stereocenters. The zero-order chi connectivity index (χ0) is 18.2. The molecule has 2 aromatic carbocycles. The number of anilines is 1. The molecule has 132 valence electrons. The number of hydrogen-bond acceptors (Lipinski definition) is 4. The van der Waals surface area contributed by atoms with Gasteiger partial charge < -0.3 is 14.8 Å². The highest BCUT2D eigenvalue weighted by molar-refractivity contribution is 6.00.